The number of hydrogen-bond donors (Lipinski definition) is 2. The summed E-state index contributed by atoms with van der Waals surface area (Å²) in [6.07, 6.45) is 1.01. The molecule has 0 aliphatic rings. The molecule has 0 unspecified atom stereocenters. The standard InChI is InChI=1S/C14H23N5O2/c1-8(2)6-7-15-13-16-11-10(19(13)9(3)4)12(20)17-14(21)18(11)5/h8-9H,6-7H2,1-5H3,(H,15,16)(H,17,20,21). The van der Waals surface area contributed by atoms with Crippen molar-refractivity contribution in [2.75, 3.05) is 11.9 Å². The van der Waals surface area contributed by atoms with Crippen molar-refractivity contribution in [1.82, 2.24) is 19.1 Å². The van der Waals surface area contributed by atoms with Crippen molar-refractivity contribution in [3.63, 3.8) is 0 Å². The fraction of sp³-hybridized carbons (Fsp3) is 0.643. The van der Waals surface area contributed by atoms with Crippen molar-refractivity contribution in [3.8, 4) is 0 Å². The molecule has 0 aliphatic heterocycles. The fourth-order valence-electron chi connectivity index (χ4n) is 2.30. The van der Waals surface area contributed by atoms with Crippen molar-refractivity contribution in [2.45, 2.75) is 40.2 Å². The average Bonchev–Trinajstić information content (AvgIpc) is 2.76. The van der Waals surface area contributed by atoms with Crippen LogP contribution in [0, 0.1) is 5.92 Å². The molecule has 0 fully saturated rings. The van der Waals surface area contributed by atoms with Crippen LogP contribution in [0.1, 0.15) is 40.2 Å². The second-order valence-electron chi connectivity index (χ2n) is 6.00. The maximum Gasteiger partial charge on any atom is 0.329 e. The van der Waals surface area contributed by atoms with Crippen LogP contribution in [-0.2, 0) is 7.05 Å². The second kappa shape index (κ2) is 5.75. The minimum atomic E-state index is -0.449. The van der Waals surface area contributed by atoms with E-state index in [9.17, 15) is 9.59 Å². The van der Waals surface area contributed by atoms with Crippen LogP contribution in [0.4, 0.5) is 5.95 Å². The van der Waals surface area contributed by atoms with Gasteiger partial charge in [-0.3, -0.25) is 14.3 Å². The lowest BCUT2D eigenvalue weighted by Crippen LogP contribution is -2.29. The first kappa shape index (κ1) is 15.3. The first-order chi connectivity index (χ1) is 9.82. The number of imidazole rings is 1. The summed E-state index contributed by atoms with van der Waals surface area (Å²) in [6, 6.07) is 0.0650. The summed E-state index contributed by atoms with van der Waals surface area (Å²) in [6.45, 7) is 9.06. The lowest BCUT2D eigenvalue weighted by atomic mass is 10.1. The molecular formula is C14H23N5O2. The lowest BCUT2D eigenvalue weighted by Gasteiger charge is -2.14. The Labute approximate surface area is 123 Å². The van der Waals surface area contributed by atoms with Gasteiger partial charge in [0.05, 0.1) is 0 Å². The zero-order valence-corrected chi connectivity index (χ0v) is 13.2. The molecule has 0 radical (unpaired) electrons. The highest BCUT2D eigenvalue weighted by Crippen LogP contribution is 2.20. The Morgan fingerprint density at radius 3 is 2.48 bits per heavy atom. The van der Waals surface area contributed by atoms with Crippen molar-refractivity contribution in [1.29, 1.82) is 0 Å². The summed E-state index contributed by atoms with van der Waals surface area (Å²) >= 11 is 0. The number of rotatable bonds is 5. The Hall–Kier alpha value is -2.05. The Bertz CT molecular complexity index is 751. The molecule has 2 heterocycles. The van der Waals surface area contributed by atoms with Gasteiger partial charge in [0, 0.05) is 19.6 Å². The predicted molar refractivity (Wildman–Crippen MR) is 83.9 cm³/mol. The van der Waals surface area contributed by atoms with Gasteiger partial charge in [-0.1, -0.05) is 13.8 Å². The molecular weight excluding hydrogens is 270 g/mol. The maximum absolute atomic E-state index is 12.1. The number of anilines is 1. The Morgan fingerprint density at radius 1 is 1.24 bits per heavy atom. The molecule has 7 heteroatoms. The molecule has 0 saturated carbocycles. The van der Waals surface area contributed by atoms with Crippen LogP contribution >= 0.6 is 0 Å². The third kappa shape index (κ3) is 2.86. The molecule has 0 saturated heterocycles. The summed E-state index contributed by atoms with van der Waals surface area (Å²) in [5.74, 6) is 1.22. The van der Waals surface area contributed by atoms with Gasteiger partial charge in [0.1, 0.15) is 0 Å². The van der Waals surface area contributed by atoms with Gasteiger partial charge in [-0.2, -0.15) is 4.98 Å². The zero-order chi connectivity index (χ0) is 15.7. The quantitative estimate of drug-likeness (QED) is 0.874. The number of hydrogen-bond acceptors (Lipinski definition) is 4. The molecule has 0 bridgehead atoms. The van der Waals surface area contributed by atoms with Crippen molar-refractivity contribution in [3.05, 3.63) is 20.8 Å². The highest BCUT2D eigenvalue weighted by Gasteiger charge is 2.18. The van der Waals surface area contributed by atoms with Crippen molar-refractivity contribution < 1.29 is 0 Å². The first-order valence-electron chi connectivity index (χ1n) is 7.28. The molecule has 0 aromatic carbocycles. The van der Waals surface area contributed by atoms with E-state index < -0.39 is 11.2 Å². The van der Waals surface area contributed by atoms with E-state index in [2.05, 4.69) is 29.1 Å². The Morgan fingerprint density at radius 2 is 1.90 bits per heavy atom. The number of aromatic nitrogens is 4. The molecule has 2 aromatic rings. The summed E-state index contributed by atoms with van der Waals surface area (Å²) in [7, 11) is 1.61. The summed E-state index contributed by atoms with van der Waals surface area (Å²) in [5.41, 5.74) is -0.00973. The maximum atomic E-state index is 12.1. The topological polar surface area (TPSA) is 84.7 Å². The van der Waals surface area contributed by atoms with E-state index in [0.717, 1.165) is 13.0 Å². The second-order valence-corrected chi connectivity index (χ2v) is 6.00. The number of nitrogens with one attached hydrogen (secondary N) is 2. The minimum absolute atomic E-state index is 0.0650. The number of nitrogens with zero attached hydrogens (tertiary/aromatic N) is 3. The molecule has 2 aromatic heterocycles. The molecule has 2 rings (SSSR count). The number of H-pyrrole nitrogens is 1. The van der Waals surface area contributed by atoms with Gasteiger partial charge in [0.15, 0.2) is 11.2 Å². The largest absolute Gasteiger partial charge is 0.356 e. The molecule has 0 atom stereocenters. The highest BCUT2D eigenvalue weighted by molar-refractivity contribution is 5.74. The van der Waals surface area contributed by atoms with Crippen LogP contribution in [0.25, 0.3) is 11.2 Å². The number of aryl methyl sites for hydroxylation is 1. The van der Waals surface area contributed by atoms with E-state index in [4.69, 9.17) is 0 Å². The Balaban J connectivity index is 2.58. The lowest BCUT2D eigenvalue weighted by molar-refractivity contribution is 0.592. The van der Waals surface area contributed by atoms with E-state index >= 15 is 0 Å². The third-order valence-corrected chi connectivity index (χ3v) is 3.47. The summed E-state index contributed by atoms with van der Waals surface area (Å²) in [5, 5.41) is 3.27. The first-order valence-corrected chi connectivity index (χ1v) is 7.28. The molecule has 0 spiro atoms. The molecule has 116 valence electrons. The van der Waals surface area contributed by atoms with Gasteiger partial charge >= 0.3 is 5.69 Å². The normalized spacial score (nSPS) is 11.8. The Kier molecular flexibility index (Phi) is 4.20. The molecule has 7 nitrogen and oxygen atoms in total. The number of fused-ring (bicyclic) bond motifs is 1. The summed E-state index contributed by atoms with van der Waals surface area (Å²) < 4.78 is 3.21. The van der Waals surface area contributed by atoms with E-state index in [0.29, 0.717) is 23.0 Å². The van der Waals surface area contributed by atoms with E-state index in [1.54, 1.807) is 7.05 Å². The highest BCUT2D eigenvalue weighted by atomic mass is 16.2. The van der Waals surface area contributed by atoms with Gasteiger partial charge < -0.3 is 9.88 Å². The molecule has 0 aliphatic carbocycles. The number of aromatic amines is 1. The predicted octanol–water partition coefficient (Wildman–Crippen LogP) is 1.46. The van der Waals surface area contributed by atoms with Crippen LogP contribution in [-0.4, -0.2) is 25.6 Å². The van der Waals surface area contributed by atoms with Crippen LogP contribution in [0.3, 0.4) is 0 Å². The van der Waals surface area contributed by atoms with E-state index in [1.165, 1.54) is 4.57 Å². The van der Waals surface area contributed by atoms with Crippen LogP contribution in [0.2, 0.25) is 0 Å². The minimum Gasteiger partial charge on any atom is -0.356 e. The summed E-state index contributed by atoms with van der Waals surface area (Å²) in [4.78, 5) is 30.6. The van der Waals surface area contributed by atoms with Gasteiger partial charge in [-0.25, -0.2) is 4.79 Å². The van der Waals surface area contributed by atoms with E-state index in [-0.39, 0.29) is 6.04 Å². The van der Waals surface area contributed by atoms with E-state index in [1.807, 2.05) is 18.4 Å². The molecule has 2 N–H and O–H groups in total. The van der Waals surface area contributed by atoms with Crippen LogP contribution in [0.15, 0.2) is 9.59 Å². The smallest absolute Gasteiger partial charge is 0.329 e. The van der Waals surface area contributed by atoms with Gasteiger partial charge in [0.2, 0.25) is 5.95 Å². The van der Waals surface area contributed by atoms with Gasteiger partial charge in [-0.15, -0.1) is 0 Å². The third-order valence-electron chi connectivity index (χ3n) is 3.47. The van der Waals surface area contributed by atoms with Crippen molar-refractivity contribution >= 4 is 17.1 Å². The van der Waals surface area contributed by atoms with Crippen molar-refractivity contribution in [2.24, 2.45) is 13.0 Å². The van der Waals surface area contributed by atoms with Crippen LogP contribution < -0.4 is 16.6 Å². The fourth-order valence-corrected chi connectivity index (χ4v) is 2.30. The van der Waals surface area contributed by atoms with Crippen LogP contribution in [0.5, 0.6) is 0 Å². The molecule has 0 amide bonds. The zero-order valence-electron chi connectivity index (χ0n) is 13.2. The van der Waals surface area contributed by atoms with Gasteiger partial charge in [-0.05, 0) is 26.2 Å². The monoisotopic (exact) mass is 293 g/mol. The van der Waals surface area contributed by atoms with Gasteiger partial charge in [0.25, 0.3) is 5.56 Å². The molecule has 21 heavy (non-hydrogen) atoms. The SMILES string of the molecule is CC(C)CCNc1nc2c(c(=O)[nH]c(=O)n2C)n1C(C)C. The average molecular weight is 293 g/mol.